The lowest BCUT2D eigenvalue weighted by atomic mass is 10.1. The number of benzene rings is 1. The van der Waals surface area contributed by atoms with E-state index in [-0.39, 0.29) is 5.56 Å². The normalized spacial score (nSPS) is 10.2. The van der Waals surface area contributed by atoms with Gasteiger partial charge >= 0.3 is 23.9 Å². The summed E-state index contributed by atoms with van der Waals surface area (Å²) in [5.74, 6) is -5.85. The first-order valence-electron chi connectivity index (χ1n) is 5.04. The van der Waals surface area contributed by atoms with Crippen molar-refractivity contribution in [3.63, 3.8) is 0 Å². The zero-order valence-corrected chi connectivity index (χ0v) is 9.77. The largest absolute Gasteiger partial charge is 0.507 e. The van der Waals surface area contributed by atoms with Crippen molar-refractivity contribution in [2.24, 2.45) is 0 Å². The molecule has 8 heteroatoms. The Bertz CT molecular complexity index is 614. The van der Waals surface area contributed by atoms with E-state index in [1.807, 2.05) is 0 Å². The van der Waals surface area contributed by atoms with Gasteiger partial charge in [-0.05, 0) is 18.2 Å². The van der Waals surface area contributed by atoms with Gasteiger partial charge in [-0.3, -0.25) is 0 Å². The van der Waals surface area contributed by atoms with Gasteiger partial charge in [0.05, 0.1) is 5.56 Å². The third-order valence-corrected chi connectivity index (χ3v) is 2.02. The molecule has 1 aromatic carbocycles. The second kappa shape index (κ2) is 6.14. The molecule has 0 radical (unpaired) electrons. The Labute approximate surface area is 111 Å². The molecule has 0 aliphatic carbocycles. The van der Waals surface area contributed by atoms with Crippen LogP contribution in [0.1, 0.15) is 20.7 Å². The molecule has 0 saturated heterocycles. The highest BCUT2D eigenvalue weighted by Gasteiger charge is 2.17. The fraction of sp³-hybridized carbons (Fsp3) is 0. The lowest BCUT2D eigenvalue weighted by Crippen LogP contribution is -2.11. The van der Waals surface area contributed by atoms with Crippen LogP contribution in [0.5, 0.6) is 5.75 Å². The minimum absolute atomic E-state index is 0.254. The number of carboxylic acids is 2. The summed E-state index contributed by atoms with van der Waals surface area (Å²) in [4.78, 5) is 43.3. The lowest BCUT2D eigenvalue weighted by Gasteiger charge is -2.04. The van der Waals surface area contributed by atoms with Crippen LogP contribution in [0.3, 0.4) is 0 Å². The van der Waals surface area contributed by atoms with Gasteiger partial charge in [-0.1, -0.05) is 0 Å². The monoisotopic (exact) mass is 280 g/mol. The first-order valence-corrected chi connectivity index (χ1v) is 5.04. The summed E-state index contributed by atoms with van der Waals surface area (Å²) in [5, 5.41) is 26.4. The second-order valence-electron chi connectivity index (χ2n) is 3.42. The summed E-state index contributed by atoms with van der Waals surface area (Å²) in [6.45, 7) is 0. The Morgan fingerprint density at radius 2 is 1.70 bits per heavy atom. The fourth-order valence-electron chi connectivity index (χ4n) is 1.16. The quantitative estimate of drug-likeness (QED) is 0.409. The predicted molar refractivity (Wildman–Crippen MR) is 62.3 cm³/mol. The SMILES string of the molecule is O=C(O)C=CC(=O)OC(=O)c1ccc(C(=O)O)cc1O. The summed E-state index contributed by atoms with van der Waals surface area (Å²) in [5.41, 5.74) is -0.678. The Morgan fingerprint density at radius 3 is 2.20 bits per heavy atom. The third-order valence-electron chi connectivity index (χ3n) is 2.02. The standard InChI is InChI=1S/C12H8O8/c13-8-5-6(11(17)18)1-2-7(8)12(19)20-10(16)4-3-9(14)15/h1-5,13H,(H,14,15)(H,17,18). The van der Waals surface area contributed by atoms with Gasteiger partial charge in [0.1, 0.15) is 11.3 Å². The number of phenolic OH excluding ortho intramolecular Hbond substituents is 1. The molecule has 0 heterocycles. The number of esters is 2. The lowest BCUT2D eigenvalue weighted by molar-refractivity contribution is -0.134. The Hall–Kier alpha value is -3.16. The summed E-state index contributed by atoms with van der Waals surface area (Å²) in [6, 6.07) is 2.82. The number of hydrogen-bond acceptors (Lipinski definition) is 6. The minimum Gasteiger partial charge on any atom is -0.507 e. The van der Waals surface area contributed by atoms with E-state index in [1.165, 1.54) is 0 Å². The molecule has 0 fully saturated rings. The van der Waals surface area contributed by atoms with Crippen LogP contribution in [0.2, 0.25) is 0 Å². The molecule has 0 aliphatic heterocycles. The van der Waals surface area contributed by atoms with Gasteiger partial charge in [0, 0.05) is 12.2 Å². The molecule has 0 bridgehead atoms. The molecule has 1 aromatic rings. The first kappa shape index (κ1) is 14.9. The molecular formula is C12H8O8. The number of rotatable bonds is 4. The predicted octanol–water partition coefficient (Wildman–Crippen LogP) is 0.415. The van der Waals surface area contributed by atoms with E-state index in [0.29, 0.717) is 12.2 Å². The number of carbonyl (C=O) groups excluding carboxylic acids is 2. The molecule has 3 N–H and O–H groups in total. The minimum atomic E-state index is -1.40. The molecule has 0 aliphatic rings. The average molecular weight is 280 g/mol. The van der Waals surface area contributed by atoms with E-state index in [9.17, 15) is 24.3 Å². The number of carbonyl (C=O) groups is 4. The average Bonchev–Trinajstić information content (AvgIpc) is 2.35. The number of aliphatic carboxylic acids is 1. The number of aromatic hydroxyl groups is 1. The van der Waals surface area contributed by atoms with Gasteiger partial charge in [-0.25, -0.2) is 19.2 Å². The molecular weight excluding hydrogens is 272 g/mol. The van der Waals surface area contributed by atoms with E-state index in [2.05, 4.69) is 4.74 Å². The van der Waals surface area contributed by atoms with Crippen molar-refractivity contribution < 1.29 is 39.2 Å². The zero-order valence-electron chi connectivity index (χ0n) is 9.77. The van der Waals surface area contributed by atoms with Gasteiger partial charge < -0.3 is 20.1 Å². The van der Waals surface area contributed by atoms with Crippen molar-refractivity contribution in [3.05, 3.63) is 41.5 Å². The van der Waals surface area contributed by atoms with Crippen LogP contribution in [0, 0.1) is 0 Å². The van der Waals surface area contributed by atoms with Crippen molar-refractivity contribution >= 4 is 23.9 Å². The second-order valence-corrected chi connectivity index (χ2v) is 3.42. The van der Waals surface area contributed by atoms with Crippen molar-refractivity contribution in [1.82, 2.24) is 0 Å². The van der Waals surface area contributed by atoms with E-state index in [4.69, 9.17) is 10.2 Å². The molecule has 0 atom stereocenters. The molecule has 104 valence electrons. The first-order chi connectivity index (χ1) is 9.31. The highest BCUT2D eigenvalue weighted by Crippen LogP contribution is 2.20. The Kier molecular flexibility index (Phi) is 4.57. The molecule has 0 amide bonds. The number of ether oxygens (including phenoxy) is 1. The summed E-state index contributed by atoms with van der Waals surface area (Å²) in [7, 11) is 0. The van der Waals surface area contributed by atoms with Crippen LogP contribution in [0.25, 0.3) is 0 Å². The zero-order chi connectivity index (χ0) is 15.3. The molecule has 0 spiro atoms. The van der Waals surface area contributed by atoms with E-state index in [1.54, 1.807) is 0 Å². The molecule has 1 rings (SSSR count). The molecule has 0 unspecified atom stereocenters. The van der Waals surface area contributed by atoms with Crippen LogP contribution in [0.15, 0.2) is 30.4 Å². The van der Waals surface area contributed by atoms with Gasteiger partial charge in [0.15, 0.2) is 0 Å². The number of carboxylic acid groups (broad SMARTS) is 2. The van der Waals surface area contributed by atoms with Gasteiger partial charge in [-0.2, -0.15) is 0 Å². The van der Waals surface area contributed by atoms with Crippen molar-refractivity contribution in [2.75, 3.05) is 0 Å². The van der Waals surface area contributed by atoms with Crippen LogP contribution in [-0.4, -0.2) is 39.2 Å². The summed E-state index contributed by atoms with van der Waals surface area (Å²) in [6.07, 6.45) is 0.992. The smallest absolute Gasteiger partial charge is 0.349 e. The van der Waals surface area contributed by atoms with E-state index in [0.717, 1.165) is 18.2 Å². The van der Waals surface area contributed by atoms with Gasteiger partial charge in [0.2, 0.25) is 0 Å². The third kappa shape index (κ3) is 3.95. The number of aromatic carboxylic acids is 1. The Morgan fingerprint density at radius 1 is 1.05 bits per heavy atom. The van der Waals surface area contributed by atoms with Crippen LogP contribution >= 0.6 is 0 Å². The molecule has 0 saturated carbocycles. The van der Waals surface area contributed by atoms with Crippen LogP contribution in [-0.2, 0) is 14.3 Å². The maximum absolute atomic E-state index is 11.5. The summed E-state index contributed by atoms with van der Waals surface area (Å²) >= 11 is 0. The number of hydrogen-bond donors (Lipinski definition) is 3. The molecule has 0 aromatic heterocycles. The van der Waals surface area contributed by atoms with E-state index < -0.39 is 35.2 Å². The Balaban J connectivity index is 2.85. The highest BCUT2D eigenvalue weighted by molar-refractivity contribution is 6.03. The topological polar surface area (TPSA) is 138 Å². The summed E-state index contributed by atoms with van der Waals surface area (Å²) < 4.78 is 4.23. The van der Waals surface area contributed by atoms with Gasteiger partial charge in [-0.15, -0.1) is 0 Å². The maximum Gasteiger partial charge on any atom is 0.349 e. The van der Waals surface area contributed by atoms with Crippen molar-refractivity contribution in [2.45, 2.75) is 0 Å². The van der Waals surface area contributed by atoms with Crippen molar-refractivity contribution in [3.8, 4) is 5.75 Å². The van der Waals surface area contributed by atoms with Crippen LogP contribution < -0.4 is 0 Å². The fourth-order valence-corrected chi connectivity index (χ4v) is 1.16. The highest BCUT2D eigenvalue weighted by atomic mass is 16.6. The van der Waals surface area contributed by atoms with Crippen LogP contribution in [0.4, 0.5) is 0 Å². The van der Waals surface area contributed by atoms with Crippen molar-refractivity contribution in [1.29, 1.82) is 0 Å². The molecule has 20 heavy (non-hydrogen) atoms. The van der Waals surface area contributed by atoms with E-state index >= 15 is 0 Å². The maximum atomic E-state index is 11.5. The van der Waals surface area contributed by atoms with Gasteiger partial charge in [0.25, 0.3) is 0 Å². The number of phenols is 1. The molecule has 8 nitrogen and oxygen atoms in total.